The molecule has 14 heteroatoms. The molecule has 1 aromatic rings. The summed E-state index contributed by atoms with van der Waals surface area (Å²) in [6, 6.07) is 0.758. The van der Waals surface area contributed by atoms with E-state index < -0.39 is 53.2 Å². The molecular weight excluding hydrogens is 397 g/mol. The van der Waals surface area contributed by atoms with Gasteiger partial charge < -0.3 is 5.11 Å². The van der Waals surface area contributed by atoms with Gasteiger partial charge in [0.1, 0.15) is 6.54 Å². The standard InChI is InChI=1S/C11H8F9NO3S/c12-8(13,14)5-21(25(23)24)7-3-1-6(2-4-7)9(22,10(15,16)17)11(18,19)20/h1-4,22H,5H2,(H,23,24). The highest BCUT2D eigenvalue weighted by Crippen LogP contribution is 2.50. The molecule has 25 heavy (non-hydrogen) atoms. The van der Waals surface area contributed by atoms with Gasteiger partial charge in [0.2, 0.25) is 0 Å². The molecule has 0 saturated carbocycles. The van der Waals surface area contributed by atoms with Crippen LogP contribution >= 0.6 is 0 Å². The molecule has 0 aliphatic rings. The SMILES string of the molecule is O=S(O)N(CC(F)(F)F)c1ccc(C(O)(C(F)(F)F)C(F)(F)F)cc1. The second-order valence-electron chi connectivity index (χ2n) is 4.64. The summed E-state index contributed by atoms with van der Waals surface area (Å²) in [5.41, 5.74) is -7.76. The van der Waals surface area contributed by atoms with Crippen LogP contribution in [0.15, 0.2) is 24.3 Å². The van der Waals surface area contributed by atoms with E-state index in [2.05, 4.69) is 0 Å². The van der Waals surface area contributed by atoms with Gasteiger partial charge in [-0.2, -0.15) is 39.5 Å². The van der Waals surface area contributed by atoms with Gasteiger partial charge in [-0.15, -0.1) is 0 Å². The number of hydrogen-bond acceptors (Lipinski definition) is 2. The van der Waals surface area contributed by atoms with Crippen LogP contribution in [-0.2, 0) is 16.9 Å². The van der Waals surface area contributed by atoms with Crippen LogP contribution in [0.2, 0.25) is 0 Å². The van der Waals surface area contributed by atoms with E-state index in [-0.39, 0.29) is 16.4 Å². The Balaban J connectivity index is 3.35. The third-order valence-corrected chi connectivity index (χ3v) is 3.62. The number of hydrogen-bond donors (Lipinski definition) is 2. The topological polar surface area (TPSA) is 60.8 Å². The number of alkyl halides is 9. The summed E-state index contributed by atoms with van der Waals surface area (Å²) in [6.45, 7) is -1.99. The van der Waals surface area contributed by atoms with Crippen molar-refractivity contribution < 1.29 is 53.4 Å². The molecule has 144 valence electrons. The van der Waals surface area contributed by atoms with Crippen LogP contribution in [0.5, 0.6) is 0 Å². The van der Waals surface area contributed by atoms with Crippen molar-refractivity contribution in [1.29, 1.82) is 0 Å². The van der Waals surface area contributed by atoms with Crippen LogP contribution in [0, 0.1) is 0 Å². The van der Waals surface area contributed by atoms with E-state index in [1.165, 1.54) is 0 Å². The van der Waals surface area contributed by atoms with Gasteiger partial charge in [-0.25, -0.2) is 4.21 Å². The Morgan fingerprint density at radius 2 is 1.28 bits per heavy atom. The van der Waals surface area contributed by atoms with Gasteiger partial charge in [-0.05, 0) is 12.1 Å². The number of halogens is 9. The molecular formula is C11H8F9NO3S. The molecule has 0 radical (unpaired) electrons. The Morgan fingerprint density at radius 3 is 1.56 bits per heavy atom. The molecule has 1 aromatic carbocycles. The highest BCUT2D eigenvalue weighted by Gasteiger charge is 2.71. The number of nitrogens with zero attached hydrogens (tertiary/aromatic N) is 1. The summed E-state index contributed by atoms with van der Waals surface area (Å²) in [6.07, 6.45) is -17.3. The summed E-state index contributed by atoms with van der Waals surface area (Å²) >= 11 is -3.26. The molecule has 0 fully saturated rings. The quantitative estimate of drug-likeness (QED) is 0.596. The maximum Gasteiger partial charge on any atom is 0.430 e. The minimum atomic E-state index is -6.17. The summed E-state index contributed by atoms with van der Waals surface area (Å²) in [7, 11) is 0. The number of rotatable bonds is 4. The van der Waals surface area contributed by atoms with Crippen molar-refractivity contribution in [3.05, 3.63) is 29.8 Å². The van der Waals surface area contributed by atoms with Gasteiger partial charge in [-0.1, -0.05) is 12.1 Å². The second-order valence-corrected chi connectivity index (χ2v) is 5.54. The third-order valence-electron chi connectivity index (χ3n) is 2.90. The molecule has 2 N–H and O–H groups in total. The molecule has 0 aliphatic carbocycles. The van der Waals surface area contributed by atoms with Gasteiger partial charge in [0.15, 0.2) is 0 Å². The van der Waals surface area contributed by atoms with Gasteiger partial charge in [0.05, 0.1) is 5.69 Å². The predicted molar refractivity (Wildman–Crippen MR) is 66.6 cm³/mol. The molecule has 0 bridgehead atoms. The van der Waals surface area contributed by atoms with Crippen LogP contribution in [0.1, 0.15) is 5.56 Å². The van der Waals surface area contributed by atoms with E-state index in [4.69, 9.17) is 9.66 Å². The average molecular weight is 405 g/mol. The largest absolute Gasteiger partial charge is 0.430 e. The first-order valence-corrected chi connectivity index (χ1v) is 6.98. The normalized spacial score (nSPS) is 15.2. The predicted octanol–water partition coefficient (Wildman–Crippen LogP) is 3.50. The molecule has 0 heterocycles. The molecule has 4 nitrogen and oxygen atoms in total. The summed E-state index contributed by atoms with van der Waals surface area (Å²) in [5, 5.41) is 9.13. The van der Waals surface area contributed by atoms with Crippen LogP contribution in [-0.4, -0.2) is 38.9 Å². The van der Waals surface area contributed by atoms with E-state index in [1.807, 2.05) is 0 Å². The Morgan fingerprint density at radius 1 is 0.880 bits per heavy atom. The van der Waals surface area contributed by atoms with Crippen molar-refractivity contribution in [2.75, 3.05) is 10.8 Å². The first-order valence-electron chi connectivity index (χ1n) is 5.92. The van der Waals surface area contributed by atoms with Crippen LogP contribution in [0.4, 0.5) is 45.2 Å². The Kier molecular flexibility index (Phi) is 5.71. The van der Waals surface area contributed by atoms with E-state index in [1.54, 1.807) is 0 Å². The highest BCUT2D eigenvalue weighted by molar-refractivity contribution is 7.80. The summed E-state index contributed by atoms with van der Waals surface area (Å²) in [5.74, 6) is 0. The van der Waals surface area contributed by atoms with Crippen molar-refractivity contribution in [3.63, 3.8) is 0 Å². The van der Waals surface area contributed by atoms with E-state index in [0.29, 0.717) is 12.1 Å². The maximum atomic E-state index is 12.7. The zero-order chi connectivity index (χ0) is 19.8. The molecule has 0 aliphatic heterocycles. The van der Waals surface area contributed by atoms with Gasteiger partial charge in [-0.3, -0.25) is 8.86 Å². The number of aliphatic hydroxyl groups is 1. The second kappa shape index (κ2) is 6.64. The van der Waals surface area contributed by atoms with E-state index in [0.717, 1.165) is 0 Å². The summed E-state index contributed by atoms with van der Waals surface area (Å²) < 4.78 is 132. The third kappa shape index (κ3) is 4.55. The number of anilines is 1. The maximum absolute atomic E-state index is 12.7. The fourth-order valence-electron chi connectivity index (χ4n) is 1.76. The first kappa shape index (κ1) is 21.5. The zero-order valence-electron chi connectivity index (χ0n) is 11.6. The average Bonchev–Trinajstić information content (AvgIpc) is 2.40. The Bertz CT molecular complexity index is 610. The zero-order valence-corrected chi connectivity index (χ0v) is 12.4. The number of benzene rings is 1. The minimum Gasteiger partial charge on any atom is -0.369 e. The molecule has 1 unspecified atom stereocenters. The van der Waals surface area contributed by atoms with Crippen LogP contribution < -0.4 is 4.31 Å². The van der Waals surface area contributed by atoms with Crippen molar-refractivity contribution in [1.82, 2.24) is 0 Å². The molecule has 0 aromatic heterocycles. The van der Waals surface area contributed by atoms with Crippen LogP contribution in [0.3, 0.4) is 0 Å². The minimum absolute atomic E-state index is 0.0621. The fourth-order valence-corrected chi connectivity index (χ4v) is 2.32. The van der Waals surface area contributed by atoms with Crippen molar-refractivity contribution >= 4 is 17.0 Å². The van der Waals surface area contributed by atoms with Crippen molar-refractivity contribution in [3.8, 4) is 0 Å². The van der Waals surface area contributed by atoms with Crippen molar-refractivity contribution in [2.24, 2.45) is 0 Å². The van der Waals surface area contributed by atoms with Crippen molar-refractivity contribution in [2.45, 2.75) is 24.1 Å². The Labute approximate surface area is 136 Å². The van der Waals surface area contributed by atoms with E-state index >= 15 is 0 Å². The molecule has 1 atom stereocenters. The van der Waals surface area contributed by atoms with Gasteiger partial charge in [0.25, 0.3) is 16.9 Å². The molecule has 0 spiro atoms. The fraction of sp³-hybridized carbons (Fsp3) is 0.455. The lowest BCUT2D eigenvalue weighted by Crippen LogP contribution is -2.53. The lowest BCUT2D eigenvalue weighted by molar-refractivity contribution is -0.376. The van der Waals surface area contributed by atoms with E-state index in [9.17, 15) is 43.7 Å². The molecule has 0 saturated heterocycles. The lowest BCUT2D eigenvalue weighted by atomic mass is 9.92. The smallest absolute Gasteiger partial charge is 0.369 e. The van der Waals surface area contributed by atoms with Crippen LogP contribution in [0.25, 0.3) is 0 Å². The lowest BCUT2D eigenvalue weighted by Gasteiger charge is -2.33. The first-order chi connectivity index (χ1) is 11.0. The molecule has 1 rings (SSSR count). The summed E-state index contributed by atoms with van der Waals surface area (Å²) in [4.78, 5) is 0. The highest BCUT2D eigenvalue weighted by atomic mass is 32.2. The Hall–Kier alpha value is -1.54. The molecule has 0 amide bonds. The monoisotopic (exact) mass is 405 g/mol. The van der Waals surface area contributed by atoms with Gasteiger partial charge >= 0.3 is 18.5 Å². The van der Waals surface area contributed by atoms with Gasteiger partial charge in [0, 0.05) is 5.56 Å².